The molecule has 0 saturated heterocycles. The van der Waals surface area contributed by atoms with E-state index >= 15 is 0 Å². The lowest BCUT2D eigenvalue weighted by Gasteiger charge is -2.06. The number of nitrogens with one attached hydrogen (secondary N) is 1. The lowest BCUT2D eigenvalue weighted by molar-refractivity contribution is -0.384. The van der Waals surface area contributed by atoms with Crippen LogP contribution in [0.3, 0.4) is 0 Å². The fraction of sp³-hybridized carbons (Fsp3) is 0.250. The molecule has 1 heterocycles. The largest absolute Gasteiger partial charge is 0.381 e. The maximum atomic E-state index is 10.8. The zero-order valence-corrected chi connectivity index (χ0v) is 11.3. The minimum atomic E-state index is -0.497. The summed E-state index contributed by atoms with van der Waals surface area (Å²) in [4.78, 5) is 10.3. The molecule has 0 atom stereocenters. The Balaban J connectivity index is 2.14. The van der Waals surface area contributed by atoms with Crippen LogP contribution in [0.25, 0.3) is 0 Å². The zero-order valence-electron chi connectivity index (χ0n) is 10.6. The molecule has 0 amide bonds. The van der Waals surface area contributed by atoms with Gasteiger partial charge < -0.3 is 5.32 Å². The molecular formula is C12H13ClN4O2. The Kier molecular flexibility index (Phi) is 3.71. The standard InChI is InChI=1S/C12H13ClN4O2/c1-8-9(7-15-16(8)2)6-14-10-3-4-11(13)12(5-10)17(18)19/h3-5,7,14H,6H2,1-2H3. The van der Waals surface area contributed by atoms with E-state index in [1.54, 1.807) is 16.9 Å². The highest BCUT2D eigenvalue weighted by molar-refractivity contribution is 6.32. The Bertz CT molecular complexity index is 624. The molecule has 7 heteroatoms. The highest BCUT2D eigenvalue weighted by atomic mass is 35.5. The Labute approximate surface area is 115 Å². The van der Waals surface area contributed by atoms with Crippen LogP contribution in [0.4, 0.5) is 11.4 Å². The van der Waals surface area contributed by atoms with Crippen LogP contribution in [0.15, 0.2) is 24.4 Å². The van der Waals surface area contributed by atoms with Crippen molar-refractivity contribution in [1.82, 2.24) is 9.78 Å². The van der Waals surface area contributed by atoms with Crippen LogP contribution in [0.1, 0.15) is 11.3 Å². The highest BCUT2D eigenvalue weighted by Gasteiger charge is 2.12. The number of hydrogen-bond donors (Lipinski definition) is 1. The van der Waals surface area contributed by atoms with Crippen LogP contribution in [-0.4, -0.2) is 14.7 Å². The second-order valence-electron chi connectivity index (χ2n) is 4.16. The van der Waals surface area contributed by atoms with Gasteiger partial charge in [0.15, 0.2) is 0 Å². The van der Waals surface area contributed by atoms with Crippen molar-refractivity contribution < 1.29 is 4.92 Å². The summed E-state index contributed by atoms with van der Waals surface area (Å²) in [7, 11) is 1.87. The van der Waals surface area contributed by atoms with E-state index in [2.05, 4.69) is 10.4 Å². The molecule has 2 rings (SSSR count). The van der Waals surface area contributed by atoms with E-state index in [9.17, 15) is 10.1 Å². The van der Waals surface area contributed by atoms with Gasteiger partial charge in [0.1, 0.15) is 5.02 Å². The molecule has 6 nitrogen and oxygen atoms in total. The quantitative estimate of drug-likeness (QED) is 0.690. The summed E-state index contributed by atoms with van der Waals surface area (Å²) < 4.78 is 1.78. The van der Waals surface area contributed by atoms with Crippen molar-refractivity contribution in [2.75, 3.05) is 5.32 Å². The summed E-state index contributed by atoms with van der Waals surface area (Å²) in [5, 5.41) is 18.2. The first-order valence-corrected chi connectivity index (χ1v) is 6.02. The number of benzene rings is 1. The van der Waals surface area contributed by atoms with Crippen molar-refractivity contribution in [3.8, 4) is 0 Å². The molecule has 0 radical (unpaired) electrons. The third-order valence-corrected chi connectivity index (χ3v) is 3.28. The molecule has 19 heavy (non-hydrogen) atoms. The Morgan fingerprint density at radius 1 is 1.53 bits per heavy atom. The summed E-state index contributed by atoms with van der Waals surface area (Å²) in [6.45, 7) is 2.52. The summed E-state index contributed by atoms with van der Waals surface area (Å²) in [6.07, 6.45) is 1.77. The Morgan fingerprint density at radius 2 is 2.26 bits per heavy atom. The first-order valence-electron chi connectivity index (χ1n) is 5.64. The Morgan fingerprint density at radius 3 is 2.84 bits per heavy atom. The van der Waals surface area contributed by atoms with Crippen LogP contribution in [0, 0.1) is 17.0 Å². The van der Waals surface area contributed by atoms with Crippen molar-refractivity contribution in [3.05, 3.63) is 50.8 Å². The molecule has 0 aliphatic rings. The van der Waals surface area contributed by atoms with E-state index in [1.165, 1.54) is 12.1 Å². The summed E-state index contributed by atoms with van der Waals surface area (Å²) in [5.41, 5.74) is 2.64. The number of hydrogen-bond acceptors (Lipinski definition) is 4. The predicted molar refractivity (Wildman–Crippen MR) is 73.4 cm³/mol. The van der Waals surface area contributed by atoms with E-state index in [-0.39, 0.29) is 10.7 Å². The van der Waals surface area contributed by atoms with E-state index in [0.717, 1.165) is 11.3 Å². The van der Waals surface area contributed by atoms with Crippen molar-refractivity contribution in [2.45, 2.75) is 13.5 Å². The van der Waals surface area contributed by atoms with E-state index in [0.29, 0.717) is 12.2 Å². The molecule has 0 saturated carbocycles. The normalized spacial score (nSPS) is 10.5. The van der Waals surface area contributed by atoms with Crippen molar-refractivity contribution in [3.63, 3.8) is 0 Å². The third kappa shape index (κ3) is 2.85. The zero-order chi connectivity index (χ0) is 14.0. The number of halogens is 1. The first kappa shape index (κ1) is 13.4. The third-order valence-electron chi connectivity index (χ3n) is 2.96. The average Bonchev–Trinajstić information content (AvgIpc) is 2.69. The van der Waals surface area contributed by atoms with Gasteiger partial charge in [-0.3, -0.25) is 14.8 Å². The van der Waals surface area contributed by atoms with Crippen LogP contribution in [0.2, 0.25) is 5.02 Å². The van der Waals surface area contributed by atoms with Gasteiger partial charge in [-0.1, -0.05) is 11.6 Å². The van der Waals surface area contributed by atoms with Crippen LogP contribution in [0.5, 0.6) is 0 Å². The molecule has 0 fully saturated rings. The molecule has 0 spiro atoms. The van der Waals surface area contributed by atoms with Gasteiger partial charge in [0, 0.05) is 36.6 Å². The van der Waals surface area contributed by atoms with Gasteiger partial charge in [-0.15, -0.1) is 0 Å². The van der Waals surface area contributed by atoms with Crippen LogP contribution in [-0.2, 0) is 13.6 Å². The molecule has 0 aliphatic carbocycles. The summed E-state index contributed by atoms with van der Waals surface area (Å²) >= 11 is 5.75. The number of aromatic nitrogens is 2. The predicted octanol–water partition coefficient (Wildman–Crippen LogP) is 2.90. The van der Waals surface area contributed by atoms with Gasteiger partial charge in [0.25, 0.3) is 5.69 Å². The van der Waals surface area contributed by atoms with Gasteiger partial charge in [-0.05, 0) is 19.1 Å². The number of anilines is 1. The first-order chi connectivity index (χ1) is 8.99. The van der Waals surface area contributed by atoms with Crippen molar-refractivity contribution in [1.29, 1.82) is 0 Å². The molecule has 0 aliphatic heterocycles. The summed E-state index contributed by atoms with van der Waals surface area (Å²) in [5.74, 6) is 0. The highest BCUT2D eigenvalue weighted by Crippen LogP contribution is 2.27. The van der Waals surface area contributed by atoms with Gasteiger partial charge in [-0.25, -0.2) is 0 Å². The number of nitrogens with zero attached hydrogens (tertiary/aromatic N) is 3. The van der Waals surface area contributed by atoms with Gasteiger partial charge in [0.2, 0.25) is 0 Å². The second kappa shape index (κ2) is 5.27. The molecule has 0 unspecified atom stereocenters. The van der Waals surface area contributed by atoms with E-state index in [4.69, 9.17) is 11.6 Å². The van der Waals surface area contributed by atoms with Gasteiger partial charge in [-0.2, -0.15) is 5.10 Å². The Hall–Kier alpha value is -2.08. The second-order valence-corrected chi connectivity index (χ2v) is 4.56. The van der Waals surface area contributed by atoms with E-state index in [1.807, 2.05) is 14.0 Å². The fourth-order valence-electron chi connectivity index (χ4n) is 1.68. The van der Waals surface area contributed by atoms with Crippen LogP contribution < -0.4 is 5.32 Å². The fourth-order valence-corrected chi connectivity index (χ4v) is 1.86. The van der Waals surface area contributed by atoms with Crippen LogP contribution >= 0.6 is 11.6 Å². The molecule has 1 aromatic carbocycles. The maximum Gasteiger partial charge on any atom is 0.289 e. The monoisotopic (exact) mass is 280 g/mol. The molecule has 0 bridgehead atoms. The minimum Gasteiger partial charge on any atom is -0.381 e. The molecular weight excluding hydrogens is 268 g/mol. The molecule has 1 N–H and O–H groups in total. The van der Waals surface area contributed by atoms with Crippen molar-refractivity contribution >= 4 is 23.0 Å². The molecule has 2 aromatic rings. The SMILES string of the molecule is Cc1c(CNc2ccc(Cl)c([N+](=O)[O-])c2)cnn1C. The lowest BCUT2D eigenvalue weighted by Crippen LogP contribution is -2.02. The number of nitro groups is 1. The molecule has 1 aromatic heterocycles. The molecule has 100 valence electrons. The average molecular weight is 281 g/mol. The minimum absolute atomic E-state index is 0.102. The topological polar surface area (TPSA) is 73.0 Å². The number of nitro benzene ring substituents is 1. The van der Waals surface area contributed by atoms with Crippen molar-refractivity contribution in [2.24, 2.45) is 7.05 Å². The summed E-state index contributed by atoms with van der Waals surface area (Å²) in [6, 6.07) is 4.65. The van der Waals surface area contributed by atoms with E-state index < -0.39 is 4.92 Å². The van der Waals surface area contributed by atoms with Gasteiger partial charge >= 0.3 is 0 Å². The maximum absolute atomic E-state index is 10.8. The lowest BCUT2D eigenvalue weighted by atomic mass is 10.2. The number of aryl methyl sites for hydroxylation is 1. The van der Waals surface area contributed by atoms with Gasteiger partial charge in [0.05, 0.1) is 11.1 Å². The number of rotatable bonds is 4. The smallest absolute Gasteiger partial charge is 0.289 e.